The van der Waals surface area contributed by atoms with Crippen LogP contribution in [0.25, 0.3) is 11.0 Å². The Morgan fingerprint density at radius 2 is 2.14 bits per heavy atom. The molecule has 1 aromatic heterocycles. The van der Waals surface area contributed by atoms with Crippen molar-refractivity contribution in [3.63, 3.8) is 0 Å². The molecule has 0 aliphatic heterocycles. The number of para-hydroxylation sites is 2. The van der Waals surface area contributed by atoms with Crippen molar-refractivity contribution in [2.45, 2.75) is 45.2 Å². The Morgan fingerprint density at radius 1 is 1.38 bits per heavy atom. The van der Waals surface area contributed by atoms with Crippen molar-refractivity contribution < 1.29 is 9.90 Å². The highest BCUT2D eigenvalue weighted by Gasteiger charge is 2.34. The SMILES string of the molecule is CCNC(CC)(CCCn1cnc2ccccc21)C(=O)O. The molecular formula is C16H23N3O2. The first kappa shape index (κ1) is 15.5. The van der Waals surface area contributed by atoms with Crippen molar-refractivity contribution in [1.29, 1.82) is 0 Å². The molecule has 0 aliphatic rings. The summed E-state index contributed by atoms with van der Waals surface area (Å²) in [4.78, 5) is 15.9. The van der Waals surface area contributed by atoms with Crippen molar-refractivity contribution in [2.75, 3.05) is 6.54 Å². The fraction of sp³-hybridized carbons (Fsp3) is 0.500. The number of hydrogen-bond acceptors (Lipinski definition) is 3. The number of nitrogens with one attached hydrogen (secondary N) is 1. The zero-order valence-electron chi connectivity index (χ0n) is 12.7. The third-order valence-corrected chi connectivity index (χ3v) is 4.06. The summed E-state index contributed by atoms with van der Waals surface area (Å²) in [6.07, 6.45) is 3.82. The number of rotatable bonds is 8. The number of hydrogen-bond donors (Lipinski definition) is 2. The standard InChI is InChI=1S/C16H23N3O2/c1-3-16(15(20)21,18-4-2)10-7-11-19-12-17-13-8-5-6-9-14(13)19/h5-6,8-9,12,18H,3-4,7,10-11H2,1-2H3,(H,20,21). The second kappa shape index (κ2) is 6.72. The van der Waals surface area contributed by atoms with Crippen LogP contribution in [0.4, 0.5) is 0 Å². The number of carbonyl (C=O) groups is 1. The second-order valence-electron chi connectivity index (χ2n) is 5.30. The van der Waals surface area contributed by atoms with Gasteiger partial charge in [0.1, 0.15) is 5.54 Å². The average molecular weight is 289 g/mol. The summed E-state index contributed by atoms with van der Waals surface area (Å²) in [7, 11) is 0. The van der Waals surface area contributed by atoms with E-state index in [2.05, 4.69) is 14.9 Å². The van der Waals surface area contributed by atoms with Gasteiger partial charge in [0.2, 0.25) is 0 Å². The number of aliphatic carboxylic acids is 1. The first-order valence-electron chi connectivity index (χ1n) is 7.51. The molecule has 1 aromatic carbocycles. The van der Waals surface area contributed by atoms with E-state index < -0.39 is 11.5 Å². The quantitative estimate of drug-likeness (QED) is 0.784. The number of likely N-dealkylation sites (N-methyl/N-ethyl adjacent to an activating group) is 1. The van der Waals surface area contributed by atoms with Gasteiger partial charge < -0.3 is 15.0 Å². The highest BCUT2D eigenvalue weighted by Crippen LogP contribution is 2.20. The van der Waals surface area contributed by atoms with E-state index in [0.717, 1.165) is 24.0 Å². The minimum Gasteiger partial charge on any atom is -0.480 e. The van der Waals surface area contributed by atoms with Gasteiger partial charge in [-0.25, -0.2) is 4.98 Å². The molecule has 5 heteroatoms. The lowest BCUT2D eigenvalue weighted by Crippen LogP contribution is -2.51. The van der Waals surface area contributed by atoms with Crippen LogP contribution in [0.1, 0.15) is 33.1 Å². The van der Waals surface area contributed by atoms with Crippen molar-refractivity contribution in [3.8, 4) is 0 Å². The lowest BCUT2D eigenvalue weighted by Gasteiger charge is -2.29. The molecule has 21 heavy (non-hydrogen) atoms. The van der Waals surface area contributed by atoms with Gasteiger partial charge >= 0.3 is 5.97 Å². The Balaban J connectivity index is 2.04. The number of benzene rings is 1. The number of carboxylic acid groups (broad SMARTS) is 1. The van der Waals surface area contributed by atoms with Gasteiger partial charge in [-0.3, -0.25) is 4.79 Å². The summed E-state index contributed by atoms with van der Waals surface area (Å²) in [5, 5.41) is 12.6. The number of aryl methyl sites for hydroxylation is 1. The molecule has 1 heterocycles. The number of carboxylic acids is 1. The van der Waals surface area contributed by atoms with Crippen LogP contribution >= 0.6 is 0 Å². The minimum absolute atomic E-state index is 0.584. The predicted octanol–water partition coefficient (Wildman–Crippen LogP) is 2.66. The van der Waals surface area contributed by atoms with Gasteiger partial charge in [0.15, 0.2) is 0 Å². The average Bonchev–Trinajstić information content (AvgIpc) is 2.89. The summed E-state index contributed by atoms with van der Waals surface area (Å²) in [5.74, 6) is -0.762. The summed E-state index contributed by atoms with van der Waals surface area (Å²) in [6, 6.07) is 7.99. The fourth-order valence-corrected chi connectivity index (χ4v) is 2.80. The van der Waals surface area contributed by atoms with E-state index in [1.165, 1.54) is 0 Å². The maximum absolute atomic E-state index is 11.6. The molecule has 5 nitrogen and oxygen atoms in total. The van der Waals surface area contributed by atoms with Gasteiger partial charge in [-0.2, -0.15) is 0 Å². The molecule has 114 valence electrons. The van der Waals surface area contributed by atoms with Crippen LogP contribution in [0.3, 0.4) is 0 Å². The summed E-state index contributed by atoms with van der Waals surface area (Å²) < 4.78 is 2.09. The van der Waals surface area contributed by atoms with Crippen molar-refractivity contribution in [2.24, 2.45) is 0 Å². The third kappa shape index (κ3) is 3.24. The molecule has 0 aliphatic carbocycles. The molecule has 1 atom stereocenters. The molecule has 0 saturated carbocycles. The van der Waals surface area contributed by atoms with Crippen LogP contribution in [0.5, 0.6) is 0 Å². The first-order valence-corrected chi connectivity index (χ1v) is 7.51. The summed E-state index contributed by atoms with van der Waals surface area (Å²) in [6.45, 7) is 5.30. The first-order chi connectivity index (χ1) is 10.1. The molecule has 2 rings (SSSR count). The lowest BCUT2D eigenvalue weighted by molar-refractivity contribution is -0.145. The van der Waals surface area contributed by atoms with Gasteiger partial charge in [-0.1, -0.05) is 26.0 Å². The molecule has 0 spiro atoms. The Labute approximate surface area is 125 Å². The number of imidazole rings is 1. The van der Waals surface area contributed by atoms with Crippen LogP contribution < -0.4 is 5.32 Å². The van der Waals surface area contributed by atoms with Crippen LogP contribution in [0.15, 0.2) is 30.6 Å². The number of fused-ring (bicyclic) bond motifs is 1. The molecule has 0 amide bonds. The van der Waals surface area contributed by atoms with Gasteiger partial charge in [0.25, 0.3) is 0 Å². The van der Waals surface area contributed by atoms with Crippen LogP contribution in [-0.4, -0.2) is 32.7 Å². The van der Waals surface area contributed by atoms with Gasteiger partial charge in [-0.05, 0) is 37.9 Å². The maximum atomic E-state index is 11.6. The van der Waals surface area contributed by atoms with E-state index in [4.69, 9.17) is 0 Å². The molecule has 0 fully saturated rings. The Kier molecular flexibility index (Phi) is 4.96. The lowest BCUT2D eigenvalue weighted by atomic mass is 9.90. The van der Waals surface area contributed by atoms with E-state index in [0.29, 0.717) is 19.4 Å². The Morgan fingerprint density at radius 3 is 2.81 bits per heavy atom. The maximum Gasteiger partial charge on any atom is 0.323 e. The van der Waals surface area contributed by atoms with Crippen LogP contribution in [-0.2, 0) is 11.3 Å². The van der Waals surface area contributed by atoms with E-state index >= 15 is 0 Å². The molecule has 0 bridgehead atoms. The van der Waals surface area contributed by atoms with Crippen LogP contribution in [0.2, 0.25) is 0 Å². The molecule has 0 radical (unpaired) electrons. The van der Waals surface area contributed by atoms with Gasteiger partial charge in [-0.15, -0.1) is 0 Å². The van der Waals surface area contributed by atoms with E-state index in [1.54, 1.807) is 0 Å². The van der Waals surface area contributed by atoms with Gasteiger partial charge in [0.05, 0.1) is 17.4 Å². The molecule has 0 saturated heterocycles. The Bertz CT molecular complexity index is 608. The molecule has 2 aromatic rings. The highest BCUT2D eigenvalue weighted by molar-refractivity contribution is 5.78. The molecule has 2 N–H and O–H groups in total. The fourth-order valence-electron chi connectivity index (χ4n) is 2.80. The zero-order chi connectivity index (χ0) is 15.3. The smallest absolute Gasteiger partial charge is 0.323 e. The second-order valence-corrected chi connectivity index (χ2v) is 5.30. The van der Waals surface area contributed by atoms with E-state index in [9.17, 15) is 9.90 Å². The topological polar surface area (TPSA) is 67.2 Å². The van der Waals surface area contributed by atoms with Gasteiger partial charge in [0, 0.05) is 6.54 Å². The summed E-state index contributed by atoms with van der Waals surface area (Å²) in [5.41, 5.74) is 1.26. The van der Waals surface area contributed by atoms with E-state index in [-0.39, 0.29) is 0 Å². The summed E-state index contributed by atoms with van der Waals surface area (Å²) >= 11 is 0. The van der Waals surface area contributed by atoms with Crippen molar-refractivity contribution in [1.82, 2.24) is 14.9 Å². The van der Waals surface area contributed by atoms with Crippen LogP contribution in [0, 0.1) is 0 Å². The number of aromatic nitrogens is 2. The monoisotopic (exact) mass is 289 g/mol. The predicted molar refractivity (Wildman–Crippen MR) is 83.3 cm³/mol. The normalized spacial score (nSPS) is 14.2. The van der Waals surface area contributed by atoms with Crippen molar-refractivity contribution in [3.05, 3.63) is 30.6 Å². The highest BCUT2D eigenvalue weighted by atomic mass is 16.4. The van der Waals surface area contributed by atoms with E-state index in [1.807, 2.05) is 44.4 Å². The third-order valence-electron chi connectivity index (χ3n) is 4.06. The van der Waals surface area contributed by atoms with Crippen molar-refractivity contribution >= 4 is 17.0 Å². The molecular weight excluding hydrogens is 266 g/mol. The largest absolute Gasteiger partial charge is 0.480 e. The minimum atomic E-state index is -0.814. The molecule has 1 unspecified atom stereocenters. The Hall–Kier alpha value is -1.88. The zero-order valence-corrected chi connectivity index (χ0v) is 12.7. The number of nitrogens with zero attached hydrogens (tertiary/aromatic N) is 2.